The predicted octanol–water partition coefficient (Wildman–Crippen LogP) is 0.181. The van der Waals surface area contributed by atoms with Crippen molar-refractivity contribution >= 4 is 30.6 Å². The second-order valence-corrected chi connectivity index (χ2v) is 2.43. The molecular formula is C6H7BClN. The molecule has 0 bridgehead atoms. The maximum atomic E-state index is 5.69. The minimum atomic E-state index is 0.634. The van der Waals surface area contributed by atoms with Crippen molar-refractivity contribution < 1.29 is 0 Å². The van der Waals surface area contributed by atoms with Crippen molar-refractivity contribution in [3.63, 3.8) is 0 Å². The van der Waals surface area contributed by atoms with E-state index >= 15 is 0 Å². The van der Waals surface area contributed by atoms with E-state index in [0.29, 0.717) is 10.7 Å². The Balaban J connectivity index is 3.17. The molecule has 0 saturated heterocycles. The maximum absolute atomic E-state index is 5.69. The minimum absolute atomic E-state index is 0.634. The van der Waals surface area contributed by atoms with Crippen molar-refractivity contribution in [1.29, 1.82) is 0 Å². The molecule has 0 atom stereocenters. The van der Waals surface area contributed by atoms with Gasteiger partial charge in [-0.1, -0.05) is 23.1 Å². The molecule has 0 saturated carbocycles. The highest BCUT2D eigenvalue weighted by Gasteiger charge is 1.92. The molecule has 0 heterocycles. The van der Waals surface area contributed by atoms with Crippen LogP contribution in [0.5, 0.6) is 0 Å². The van der Waals surface area contributed by atoms with Crippen molar-refractivity contribution in [3.05, 3.63) is 23.2 Å². The van der Waals surface area contributed by atoms with Gasteiger partial charge in [0.15, 0.2) is 0 Å². The molecule has 0 radical (unpaired) electrons. The van der Waals surface area contributed by atoms with Gasteiger partial charge >= 0.3 is 0 Å². The zero-order valence-electron chi connectivity index (χ0n) is 5.19. The average Bonchev–Trinajstić information content (AvgIpc) is 1.80. The maximum Gasteiger partial charge on any atom is 0.139 e. The van der Waals surface area contributed by atoms with Crippen molar-refractivity contribution in [3.8, 4) is 0 Å². The van der Waals surface area contributed by atoms with Crippen LogP contribution in [0.1, 0.15) is 0 Å². The van der Waals surface area contributed by atoms with E-state index in [1.54, 1.807) is 6.07 Å². The molecule has 0 unspecified atom stereocenters. The topological polar surface area (TPSA) is 26.0 Å². The Kier molecular flexibility index (Phi) is 1.67. The van der Waals surface area contributed by atoms with E-state index in [-0.39, 0.29) is 0 Å². The van der Waals surface area contributed by atoms with Gasteiger partial charge in [0.1, 0.15) is 7.85 Å². The van der Waals surface area contributed by atoms with Gasteiger partial charge in [-0.25, -0.2) is 0 Å². The second kappa shape index (κ2) is 2.32. The fraction of sp³-hybridized carbons (Fsp3) is 0. The Morgan fingerprint density at radius 2 is 2.11 bits per heavy atom. The number of hydrogen-bond acceptors (Lipinski definition) is 1. The summed E-state index contributed by atoms with van der Waals surface area (Å²) in [5.41, 5.74) is 7.23. The normalized spacial score (nSPS) is 9.44. The van der Waals surface area contributed by atoms with E-state index in [1.165, 1.54) is 0 Å². The molecule has 0 aromatic heterocycles. The number of nitrogens with two attached hydrogens (primary N) is 1. The van der Waals surface area contributed by atoms with Crippen LogP contribution in [0.3, 0.4) is 0 Å². The highest BCUT2D eigenvalue weighted by molar-refractivity contribution is 6.37. The number of rotatable bonds is 0. The van der Waals surface area contributed by atoms with Crippen LogP contribution >= 0.6 is 11.6 Å². The molecule has 0 amide bonds. The standard InChI is InChI=1S/C6H7BClN/c7-4-1-2-6(9)5(8)3-4/h1-3H,7,9H2. The first-order chi connectivity index (χ1) is 4.20. The van der Waals surface area contributed by atoms with Gasteiger partial charge in [0, 0.05) is 0 Å². The van der Waals surface area contributed by atoms with E-state index < -0.39 is 0 Å². The summed E-state index contributed by atoms with van der Waals surface area (Å²) in [5.74, 6) is 0. The summed E-state index contributed by atoms with van der Waals surface area (Å²) < 4.78 is 0. The van der Waals surface area contributed by atoms with Crippen LogP contribution in [0.2, 0.25) is 5.02 Å². The summed E-state index contributed by atoms with van der Waals surface area (Å²) in [7, 11) is 1.98. The smallest absolute Gasteiger partial charge is 0.139 e. The molecule has 1 rings (SSSR count). The van der Waals surface area contributed by atoms with Gasteiger partial charge in [-0.05, 0) is 12.1 Å². The first-order valence-electron chi connectivity index (χ1n) is 2.72. The third-order valence-corrected chi connectivity index (χ3v) is 1.48. The zero-order valence-corrected chi connectivity index (χ0v) is 5.94. The fourth-order valence-electron chi connectivity index (χ4n) is 0.632. The van der Waals surface area contributed by atoms with Gasteiger partial charge in [0.25, 0.3) is 0 Å². The van der Waals surface area contributed by atoms with E-state index in [1.807, 2.05) is 20.0 Å². The molecule has 2 N–H and O–H groups in total. The Bertz CT molecular complexity index is 224. The van der Waals surface area contributed by atoms with Crippen molar-refractivity contribution in [2.75, 3.05) is 5.73 Å². The molecule has 0 spiro atoms. The Morgan fingerprint density at radius 3 is 2.56 bits per heavy atom. The fourth-order valence-corrected chi connectivity index (χ4v) is 0.867. The van der Waals surface area contributed by atoms with Crippen LogP contribution in [0.4, 0.5) is 5.69 Å². The minimum Gasteiger partial charge on any atom is -0.398 e. The van der Waals surface area contributed by atoms with Crippen molar-refractivity contribution in [2.24, 2.45) is 0 Å². The van der Waals surface area contributed by atoms with Crippen LogP contribution < -0.4 is 11.2 Å². The van der Waals surface area contributed by atoms with E-state index in [2.05, 4.69) is 0 Å². The van der Waals surface area contributed by atoms with Gasteiger partial charge in [-0.3, -0.25) is 0 Å². The third kappa shape index (κ3) is 1.39. The van der Waals surface area contributed by atoms with Crippen molar-refractivity contribution in [1.82, 2.24) is 0 Å². The Hall–Kier alpha value is -0.625. The molecule has 0 aliphatic heterocycles. The van der Waals surface area contributed by atoms with E-state index in [9.17, 15) is 0 Å². The predicted molar refractivity (Wildman–Crippen MR) is 44.0 cm³/mol. The first kappa shape index (κ1) is 6.49. The summed E-state index contributed by atoms with van der Waals surface area (Å²) in [6, 6.07) is 5.58. The lowest BCUT2D eigenvalue weighted by Crippen LogP contribution is -2.01. The zero-order chi connectivity index (χ0) is 6.85. The molecule has 46 valence electrons. The van der Waals surface area contributed by atoms with E-state index in [4.69, 9.17) is 17.3 Å². The number of halogens is 1. The number of anilines is 1. The largest absolute Gasteiger partial charge is 0.398 e. The molecule has 1 nitrogen and oxygen atoms in total. The van der Waals surface area contributed by atoms with Crippen LogP contribution in [-0.4, -0.2) is 7.85 Å². The lowest BCUT2D eigenvalue weighted by molar-refractivity contribution is 1.73. The molecule has 0 aliphatic rings. The molecule has 0 aliphatic carbocycles. The Labute approximate surface area is 60.2 Å². The van der Waals surface area contributed by atoms with Gasteiger partial charge < -0.3 is 5.73 Å². The van der Waals surface area contributed by atoms with Crippen LogP contribution in [0.25, 0.3) is 0 Å². The average molecular weight is 139 g/mol. The summed E-state index contributed by atoms with van der Waals surface area (Å²) in [5, 5.41) is 0.634. The van der Waals surface area contributed by atoms with E-state index in [0.717, 1.165) is 5.46 Å². The Morgan fingerprint density at radius 1 is 1.44 bits per heavy atom. The summed E-state index contributed by atoms with van der Waals surface area (Å²) in [6.45, 7) is 0. The number of benzene rings is 1. The lowest BCUT2D eigenvalue weighted by atomic mass is 9.96. The molecule has 1 aromatic rings. The second-order valence-electron chi connectivity index (χ2n) is 2.02. The van der Waals surface area contributed by atoms with Crippen LogP contribution in [0.15, 0.2) is 18.2 Å². The number of hydrogen-bond donors (Lipinski definition) is 1. The highest BCUT2D eigenvalue weighted by Crippen LogP contribution is 2.14. The van der Waals surface area contributed by atoms with Crippen LogP contribution in [-0.2, 0) is 0 Å². The molecule has 1 aromatic carbocycles. The van der Waals surface area contributed by atoms with Crippen molar-refractivity contribution in [2.45, 2.75) is 0 Å². The summed E-state index contributed by atoms with van der Waals surface area (Å²) in [6.07, 6.45) is 0. The molecule has 0 fully saturated rings. The quantitative estimate of drug-likeness (QED) is 0.403. The monoisotopic (exact) mass is 139 g/mol. The van der Waals surface area contributed by atoms with Gasteiger partial charge in [-0.2, -0.15) is 0 Å². The lowest BCUT2D eigenvalue weighted by Gasteiger charge is -1.96. The molecule has 3 heteroatoms. The third-order valence-electron chi connectivity index (χ3n) is 1.16. The highest BCUT2D eigenvalue weighted by atomic mass is 35.5. The van der Waals surface area contributed by atoms with Crippen LogP contribution in [0, 0.1) is 0 Å². The molecule has 9 heavy (non-hydrogen) atoms. The molecular weight excluding hydrogens is 132 g/mol. The van der Waals surface area contributed by atoms with Gasteiger partial charge in [-0.15, -0.1) is 0 Å². The number of nitrogen functional groups attached to an aromatic ring is 1. The van der Waals surface area contributed by atoms with Gasteiger partial charge in [0.05, 0.1) is 10.7 Å². The van der Waals surface area contributed by atoms with Gasteiger partial charge in [0.2, 0.25) is 0 Å². The first-order valence-corrected chi connectivity index (χ1v) is 3.09. The SMILES string of the molecule is Bc1ccc(N)c(Cl)c1. The summed E-state index contributed by atoms with van der Waals surface area (Å²) >= 11 is 5.69. The summed E-state index contributed by atoms with van der Waals surface area (Å²) in [4.78, 5) is 0.